The predicted molar refractivity (Wildman–Crippen MR) is 201 cm³/mol. The summed E-state index contributed by atoms with van der Waals surface area (Å²) in [5.74, 6) is -1.32. The lowest BCUT2D eigenvalue weighted by atomic mass is 10.0. The van der Waals surface area contributed by atoms with Gasteiger partial charge in [-0.25, -0.2) is 9.78 Å². The van der Waals surface area contributed by atoms with Gasteiger partial charge in [0.25, 0.3) is 11.8 Å². The molecule has 2 fully saturated rings. The smallest absolute Gasteiger partial charge is 0.322 e. The third kappa shape index (κ3) is 7.61. The van der Waals surface area contributed by atoms with Gasteiger partial charge < -0.3 is 24.6 Å². The van der Waals surface area contributed by atoms with Crippen LogP contribution in [0.15, 0.2) is 67.0 Å². The van der Waals surface area contributed by atoms with E-state index in [-0.39, 0.29) is 42.1 Å². The molecule has 0 spiro atoms. The first-order chi connectivity index (χ1) is 26.6. The number of rotatable bonds is 11. The summed E-state index contributed by atoms with van der Waals surface area (Å²) in [4.78, 5) is 76.9. The zero-order chi connectivity index (χ0) is 38.6. The van der Waals surface area contributed by atoms with Crippen LogP contribution in [0.2, 0.25) is 0 Å². The average molecular weight is 745 g/mol. The number of benzene rings is 2. The quantitative estimate of drug-likeness (QED) is 0.161. The van der Waals surface area contributed by atoms with Crippen LogP contribution in [-0.2, 0) is 9.59 Å². The number of carbonyl (C=O) groups excluding carboxylic acids is 5. The fourth-order valence-electron chi connectivity index (χ4n) is 7.27. The number of nitriles is 1. The number of pyridine rings is 2. The molecule has 0 saturated carbocycles. The number of nitrogens with zero attached hydrogens (tertiary/aromatic N) is 6. The number of aromatic nitrogens is 2. The van der Waals surface area contributed by atoms with Crippen LogP contribution in [0.3, 0.4) is 0 Å². The largest absolute Gasteiger partial charge is 0.494 e. The Balaban J connectivity index is 0.825. The van der Waals surface area contributed by atoms with Gasteiger partial charge in [0.2, 0.25) is 17.7 Å². The molecule has 15 heteroatoms. The third-order valence-corrected chi connectivity index (χ3v) is 10.1. The van der Waals surface area contributed by atoms with Crippen LogP contribution < -0.4 is 25.0 Å². The molecule has 0 aliphatic carbocycles. The van der Waals surface area contributed by atoms with E-state index in [9.17, 15) is 29.2 Å². The van der Waals surface area contributed by atoms with E-state index >= 15 is 0 Å². The number of fused-ring (bicyclic) bond motifs is 2. The van der Waals surface area contributed by atoms with Crippen molar-refractivity contribution >= 4 is 51.9 Å². The van der Waals surface area contributed by atoms with Crippen molar-refractivity contribution in [2.24, 2.45) is 0 Å². The van der Waals surface area contributed by atoms with Gasteiger partial charge in [0.15, 0.2) is 0 Å². The standard InChI is InChI=1S/C40H40N8O7/c1-24-23-47(25(2)22-46(24)32-12-8-26(20-41)36-30(32)7-6-16-42-36)40(53)44-27-9-15-35(43-21-27)55-18-5-3-4-17-54-28-10-11-29-31(19-28)39(52)48(38(29)51)33-13-14-34(49)45-37(33)50/h6-12,15-16,19,21,24-25,33H,3-5,13-14,17-18,22-23H2,1-2H3,(H,44,53)(H,45,49,50). The van der Waals surface area contributed by atoms with Gasteiger partial charge in [0.05, 0.1) is 47.3 Å². The molecule has 3 unspecified atom stereocenters. The van der Waals surface area contributed by atoms with Crippen LogP contribution >= 0.6 is 0 Å². The van der Waals surface area contributed by atoms with Crippen LogP contribution in [0.1, 0.15) is 72.2 Å². The number of ether oxygens (including phenoxy) is 2. The van der Waals surface area contributed by atoms with Crippen molar-refractivity contribution in [2.75, 3.05) is 36.5 Å². The third-order valence-electron chi connectivity index (χ3n) is 10.1. The van der Waals surface area contributed by atoms with Crippen molar-refractivity contribution in [2.45, 2.75) is 64.1 Å². The first kappa shape index (κ1) is 36.8. The van der Waals surface area contributed by atoms with Gasteiger partial charge >= 0.3 is 6.03 Å². The summed E-state index contributed by atoms with van der Waals surface area (Å²) in [7, 11) is 0. The molecule has 2 saturated heterocycles. The number of amides is 6. The number of hydrogen-bond acceptors (Lipinski definition) is 11. The minimum atomic E-state index is -1.01. The number of urea groups is 1. The second-order valence-corrected chi connectivity index (χ2v) is 13.9. The minimum absolute atomic E-state index is 0.0235. The predicted octanol–water partition coefficient (Wildman–Crippen LogP) is 4.66. The second kappa shape index (κ2) is 15.8. The zero-order valence-corrected chi connectivity index (χ0v) is 30.5. The lowest BCUT2D eigenvalue weighted by Gasteiger charge is -2.45. The van der Waals surface area contributed by atoms with E-state index in [1.807, 2.05) is 30.0 Å². The van der Waals surface area contributed by atoms with Gasteiger partial charge in [-0.1, -0.05) is 0 Å². The first-order valence-electron chi connectivity index (χ1n) is 18.3. The Kier molecular flexibility index (Phi) is 10.6. The summed E-state index contributed by atoms with van der Waals surface area (Å²) in [6.07, 6.45) is 5.70. The molecule has 55 heavy (non-hydrogen) atoms. The number of nitrogens with one attached hydrogen (secondary N) is 2. The van der Waals surface area contributed by atoms with Crippen LogP contribution in [0, 0.1) is 11.3 Å². The summed E-state index contributed by atoms with van der Waals surface area (Å²) in [5, 5.41) is 15.6. The van der Waals surface area contributed by atoms with E-state index in [2.05, 4.69) is 38.5 Å². The van der Waals surface area contributed by atoms with Gasteiger partial charge in [-0.15, -0.1) is 0 Å². The Hall–Kier alpha value is -6.56. The molecule has 2 aromatic carbocycles. The number of unbranched alkanes of at least 4 members (excludes halogenated alkanes) is 2. The maximum absolute atomic E-state index is 13.3. The van der Waals surface area contributed by atoms with Crippen LogP contribution in [0.4, 0.5) is 16.2 Å². The Morgan fingerprint density at radius 2 is 1.73 bits per heavy atom. The number of hydrogen-bond donors (Lipinski definition) is 2. The molecule has 2 aromatic heterocycles. The molecule has 3 aliphatic rings. The van der Waals surface area contributed by atoms with Gasteiger partial charge in [0, 0.05) is 54.9 Å². The van der Waals surface area contributed by atoms with Crippen LogP contribution in [0.5, 0.6) is 11.6 Å². The molecule has 0 radical (unpaired) electrons. The molecular formula is C40H40N8O7. The van der Waals surface area contributed by atoms with Crippen LogP contribution in [-0.4, -0.2) is 93.9 Å². The molecule has 15 nitrogen and oxygen atoms in total. The van der Waals surface area contributed by atoms with Crippen molar-refractivity contribution in [1.82, 2.24) is 25.1 Å². The highest BCUT2D eigenvalue weighted by Gasteiger charge is 2.44. The molecular weight excluding hydrogens is 704 g/mol. The summed E-state index contributed by atoms with van der Waals surface area (Å²) in [6, 6.07) is 16.7. The molecule has 6 amide bonds. The second-order valence-electron chi connectivity index (χ2n) is 13.9. The molecule has 4 aromatic rings. The highest BCUT2D eigenvalue weighted by molar-refractivity contribution is 6.23. The normalized spacial score (nSPS) is 19.6. The molecule has 5 heterocycles. The monoisotopic (exact) mass is 744 g/mol. The molecule has 3 atom stereocenters. The van der Waals surface area contributed by atoms with E-state index < -0.39 is 29.7 Å². The number of imide groups is 2. The molecule has 7 rings (SSSR count). The first-order valence-corrected chi connectivity index (χ1v) is 18.3. The fraction of sp³-hybridized carbons (Fsp3) is 0.350. The van der Waals surface area contributed by atoms with Crippen molar-refractivity contribution in [1.29, 1.82) is 5.26 Å². The van der Waals surface area contributed by atoms with Gasteiger partial charge in [-0.3, -0.25) is 34.4 Å². The Bertz CT molecular complexity index is 2200. The van der Waals surface area contributed by atoms with Crippen molar-refractivity contribution < 1.29 is 33.4 Å². The number of piperidine rings is 1. The van der Waals surface area contributed by atoms with E-state index in [1.54, 1.807) is 36.7 Å². The Labute approximate surface area is 317 Å². The summed E-state index contributed by atoms with van der Waals surface area (Å²) in [6.45, 7) is 6.05. The van der Waals surface area contributed by atoms with Gasteiger partial charge in [-0.2, -0.15) is 5.26 Å². The van der Waals surface area contributed by atoms with E-state index in [4.69, 9.17) is 9.47 Å². The van der Waals surface area contributed by atoms with Crippen molar-refractivity contribution in [3.05, 3.63) is 83.7 Å². The topological polar surface area (TPSA) is 187 Å². The Morgan fingerprint density at radius 1 is 0.927 bits per heavy atom. The van der Waals surface area contributed by atoms with E-state index in [0.29, 0.717) is 54.7 Å². The van der Waals surface area contributed by atoms with Crippen LogP contribution in [0.25, 0.3) is 10.9 Å². The maximum Gasteiger partial charge on any atom is 0.322 e. The van der Waals surface area contributed by atoms with Crippen molar-refractivity contribution in [3.8, 4) is 17.7 Å². The molecule has 282 valence electrons. The number of anilines is 2. The zero-order valence-electron chi connectivity index (χ0n) is 30.5. The van der Waals surface area contributed by atoms with E-state index in [1.165, 1.54) is 12.1 Å². The highest BCUT2D eigenvalue weighted by atomic mass is 16.5. The molecule has 3 aliphatic heterocycles. The van der Waals surface area contributed by atoms with Gasteiger partial charge in [-0.05, 0) is 88.1 Å². The lowest BCUT2D eigenvalue weighted by Crippen LogP contribution is -2.59. The molecule has 0 bridgehead atoms. The summed E-state index contributed by atoms with van der Waals surface area (Å²) < 4.78 is 11.6. The lowest BCUT2D eigenvalue weighted by molar-refractivity contribution is -0.136. The van der Waals surface area contributed by atoms with Crippen molar-refractivity contribution in [3.63, 3.8) is 0 Å². The average Bonchev–Trinajstić information content (AvgIpc) is 3.43. The SMILES string of the molecule is CC1CN(c2ccc(C#N)c3ncccc23)C(C)CN1C(=O)Nc1ccc(OCCCCCOc2ccc3c(c2)C(=O)N(C2CCC(=O)NC2=O)C3=O)nc1. The van der Waals surface area contributed by atoms with Gasteiger partial charge in [0.1, 0.15) is 17.9 Å². The number of piperazine rings is 1. The maximum atomic E-state index is 13.3. The number of carbonyl (C=O) groups is 5. The summed E-state index contributed by atoms with van der Waals surface area (Å²) >= 11 is 0. The minimum Gasteiger partial charge on any atom is -0.494 e. The fourth-order valence-corrected chi connectivity index (χ4v) is 7.27. The molecule has 2 N–H and O–H groups in total. The highest BCUT2D eigenvalue weighted by Crippen LogP contribution is 2.33. The van der Waals surface area contributed by atoms with E-state index in [0.717, 1.165) is 35.2 Å². The summed E-state index contributed by atoms with van der Waals surface area (Å²) in [5.41, 5.74) is 3.13. The Morgan fingerprint density at radius 3 is 2.49 bits per heavy atom.